The molecule has 0 radical (unpaired) electrons. The quantitative estimate of drug-likeness (QED) is 0.712. The van der Waals surface area contributed by atoms with Crippen LogP contribution in [0.3, 0.4) is 0 Å². The van der Waals surface area contributed by atoms with Gasteiger partial charge in [0.1, 0.15) is 5.84 Å². The standard InChI is InChI=1S/C22H23F3N4/c1-17-10-11-21(26-29(17)20-9-5-6-18(16-20)22(23,24)25)28-14-12-27(13-15-28)19-7-3-2-4-8-19/h2-10,16H,11-15H2,1H3. The lowest BCUT2D eigenvalue weighted by Gasteiger charge is -2.39. The van der Waals surface area contributed by atoms with Gasteiger partial charge in [-0.15, -0.1) is 0 Å². The Labute approximate surface area is 168 Å². The summed E-state index contributed by atoms with van der Waals surface area (Å²) in [5.74, 6) is 0.890. The number of hydrogen-bond acceptors (Lipinski definition) is 4. The number of rotatable bonds is 2. The molecular weight excluding hydrogens is 377 g/mol. The normalized spacial score (nSPS) is 17.9. The minimum atomic E-state index is -4.37. The van der Waals surface area contributed by atoms with Gasteiger partial charge in [-0.05, 0) is 37.3 Å². The van der Waals surface area contributed by atoms with Crippen molar-refractivity contribution >= 4 is 17.2 Å². The molecule has 4 rings (SSSR count). The molecule has 2 aliphatic rings. The maximum Gasteiger partial charge on any atom is 0.416 e. The number of piperazine rings is 1. The van der Waals surface area contributed by atoms with Crippen LogP contribution in [-0.4, -0.2) is 36.9 Å². The van der Waals surface area contributed by atoms with Gasteiger partial charge in [0.15, 0.2) is 0 Å². The van der Waals surface area contributed by atoms with E-state index in [0.717, 1.165) is 49.8 Å². The van der Waals surface area contributed by atoms with Gasteiger partial charge in [-0.3, -0.25) is 0 Å². The van der Waals surface area contributed by atoms with Crippen LogP contribution < -0.4 is 9.91 Å². The third kappa shape index (κ3) is 4.23. The molecule has 0 N–H and O–H groups in total. The highest BCUT2D eigenvalue weighted by atomic mass is 19.4. The predicted octanol–water partition coefficient (Wildman–Crippen LogP) is 4.96. The summed E-state index contributed by atoms with van der Waals surface area (Å²) in [5.41, 5.74) is 1.80. The number of anilines is 2. The van der Waals surface area contributed by atoms with E-state index in [1.807, 2.05) is 31.2 Å². The van der Waals surface area contributed by atoms with Gasteiger partial charge in [-0.2, -0.15) is 18.3 Å². The van der Waals surface area contributed by atoms with Crippen molar-refractivity contribution in [2.24, 2.45) is 5.10 Å². The average molecular weight is 400 g/mol. The summed E-state index contributed by atoms with van der Waals surface area (Å²) in [4.78, 5) is 4.56. The van der Waals surface area contributed by atoms with Crippen LogP contribution in [0.2, 0.25) is 0 Å². The van der Waals surface area contributed by atoms with E-state index in [4.69, 9.17) is 5.10 Å². The van der Waals surface area contributed by atoms with E-state index < -0.39 is 11.7 Å². The van der Waals surface area contributed by atoms with Crippen molar-refractivity contribution in [1.29, 1.82) is 0 Å². The van der Waals surface area contributed by atoms with Gasteiger partial charge in [-0.1, -0.05) is 30.3 Å². The van der Waals surface area contributed by atoms with Crippen LogP contribution in [0.15, 0.2) is 71.5 Å². The van der Waals surface area contributed by atoms with Gasteiger partial charge in [0.2, 0.25) is 0 Å². The smallest absolute Gasteiger partial charge is 0.368 e. The van der Waals surface area contributed by atoms with Crippen molar-refractivity contribution in [2.45, 2.75) is 19.5 Å². The first kappa shape index (κ1) is 19.4. The molecule has 1 fully saturated rings. The third-order valence-electron chi connectivity index (χ3n) is 5.31. The lowest BCUT2D eigenvalue weighted by atomic mass is 10.1. The zero-order chi connectivity index (χ0) is 20.4. The van der Waals surface area contributed by atoms with E-state index in [9.17, 15) is 13.2 Å². The first-order valence-electron chi connectivity index (χ1n) is 9.68. The fraction of sp³-hybridized carbons (Fsp3) is 0.318. The molecule has 0 amide bonds. The summed E-state index contributed by atoms with van der Waals surface area (Å²) in [5, 5.41) is 6.31. The molecule has 0 atom stereocenters. The van der Waals surface area contributed by atoms with Crippen molar-refractivity contribution in [3.63, 3.8) is 0 Å². The molecule has 4 nitrogen and oxygen atoms in total. The van der Waals surface area contributed by atoms with E-state index in [2.05, 4.69) is 21.9 Å². The lowest BCUT2D eigenvalue weighted by Crippen LogP contribution is -2.49. The Kier molecular flexibility index (Phi) is 5.22. The second-order valence-electron chi connectivity index (χ2n) is 7.24. The summed E-state index contributed by atoms with van der Waals surface area (Å²) in [7, 11) is 0. The molecule has 0 saturated carbocycles. The molecule has 2 aromatic carbocycles. The van der Waals surface area contributed by atoms with Crippen molar-refractivity contribution in [3.05, 3.63) is 71.9 Å². The number of hydrogen-bond donors (Lipinski definition) is 0. The van der Waals surface area contributed by atoms with Gasteiger partial charge >= 0.3 is 6.18 Å². The van der Waals surface area contributed by atoms with E-state index in [1.54, 1.807) is 11.1 Å². The monoisotopic (exact) mass is 400 g/mol. The third-order valence-corrected chi connectivity index (χ3v) is 5.31. The molecule has 7 heteroatoms. The molecule has 0 aliphatic carbocycles. The second kappa shape index (κ2) is 7.81. The van der Waals surface area contributed by atoms with Gasteiger partial charge in [-0.25, -0.2) is 5.01 Å². The molecule has 2 aliphatic heterocycles. The fourth-order valence-electron chi connectivity index (χ4n) is 3.69. The molecule has 152 valence electrons. The van der Waals surface area contributed by atoms with Crippen LogP contribution in [-0.2, 0) is 6.18 Å². The number of allylic oxidation sites excluding steroid dienone is 1. The number of nitrogens with zero attached hydrogens (tertiary/aromatic N) is 4. The van der Waals surface area contributed by atoms with Crippen LogP contribution in [0, 0.1) is 0 Å². The molecular formula is C22H23F3N4. The first-order chi connectivity index (χ1) is 13.9. The SMILES string of the molecule is CC1=CCC(N2CCN(c3ccccc3)CC2)=NN1c1cccc(C(F)(F)F)c1. The number of halogens is 3. The van der Waals surface area contributed by atoms with E-state index >= 15 is 0 Å². The highest BCUT2D eigenvalue weighted by Crippen LogP contribution is 2.33. The van der Waals surface area contributed by atoms with Gasteiger partial charge in [0, 0.05) is 44.0 Å². The molecule has 2 aromatic rings. The van der Waals surface area contributed by atoms with Crippen LogP contribution in [0.25, 0.3) is 0 Å². The second-order valence-corrected chi connectivity index (χ2v) is 7.24. The summed E-state index contributed by atoms with van der Waals surface area (Å²) in [6.45, 7) is 5.30. The van der Waals surface area contributed by atoms with Gasteiger partial charge < -0.3 is 9.80 Å². The predicted molar refractivity (Wildman–Crippen MR) is 110 cm³/mol. The van der Waals surface area contributed by atoms with Gasteiger partial charge in [0.05, 0.1) is 11.3 Å². The molecule has 1 saturated heterocycles. The number of para-hydroxylation sites is 1. The van der Waals surface area contributed by atoms with Crippen LogP contribution in [0.4, 0.5) is 24.5 Å². The van der Waals surface area contributed by atoms with Crippen LogP contribution in [0.5, 0.6) is 0 Å². The largest absolute Gasteiger partial charge is 0.416 e. The van der Waals surface area contributed by atoms with Crippen molar-refractivity contribution in [2.75, 3.05) is 36.1 Å². The molecule has 0 unspecified atom stereocenters. The van der Waals surface area contributed by atoms with Crippen molar-refractivity contribution < 1.29 is 13.2 Å². The Balaban J connectivity index is 1.50. The minimum absolute atomic E-state index is 0.425. The van der Waals surface area contributed by atoms with Crippen LogP contribution in [0.1, 0.15) is 18.9 Å². The van der Waals surface area contributed by atoms with Gasteiger partial charge in [0.25, 0.3) is 0 Å². The Morgan fingerprint density at radius 1 is 0.828 bits per heavy atom. The summed E-state index contributed by atoms with van der Waals surface area (Å²) < 4.78 is 39.3. The average Bonchev–Trinajstić information content (AvgIpc) is 2.74. The number of benzene rings is 2. The molecule has 2 heterocycles. The number of hydrazone groups is 1. The summed E-state index contributed by atoms with van der Waals surface area (Å²) in [6, 6.07) is 15.6. The molecule has 0 bridgehead atoms. The molecule has 0 aromatic heterocycles. The highest BCUT2D eigenvalue weighted by molar-refractivity contribution is 5.86. The fourth-order valence-corrected chi connectivity index (χ4v) is 3.69. The lowest BCUT2D eigenvalue weighted by molar-refractivity contribution is -0.137. The van der Waals surface area contributed by atoms with E-state index in [-0.39, 0.29) is 0 Å². The topological polar surface area (TPSA) is 22.1 Å². The minimum Gasteiger partial charge on any atom is -0.368 e. The summed E-state index contributed by atoms with van der Waals surface area (Å²) in [6.07, 6.45) is -1.66. The van der Waals surface area contributed by atoms with Crippen LogP contribution >= 0.6 is 0 Å². The Morgan fingerprint density at radius 2 is 1.48 bits per heavy atom. The van der Waals surface area contributed by atoms with Crippen molar-refractivity contribution in [1.82, 2.24) is 4.90 Å². The maximum atomic E-state index is 13.1. The molecule has 0 spiro atoms. The number of alkyl halides is 3. The Hall–Kier alpha value is -2.96. The summed E-state index contributed by atoms with van der Waals surface area (Å²) >= 11 is 0. The molecule has 29 heavy (non-hydrogen) atoms. The zero-order valence-electron chi connectivity index (χ0n) is 16.2. The van der Waals surface area contributed by atoms with Crippen molar-refractivity contribution in [3.8, 4) is 0 Å². The van der Waals surface area contributed by atoms with E-state index in [1.165, 1.54) is 11.8 Å². The number of amidine groups is 1. The Bertz CT molecular complexity index is 913. The highest BCUT2D eigenvalue weighted by Gasteiger charge is 2.31. The first-order valence-corrected chi connectivity index (χ1v) is 9.68. The maximum absolute atomic E-state index is 13.1. The zero-order valence-corrected chi connectivity index (χ0v) is 16.2. The van der Waals surface area contributed by atoms with E-state index in [0.29, 0.717) is 12.1 Å². The Morgan fingerprint density at radius 3 is 2.17 bits per heavy atom.